The highest BCUT2D eigenvalue weighted by molar-refractivity contribution is 8.00. The minimum atomic E-state index is -0.827. The average molecular weight is 281 g/mol. The number of hydrogen-bond acceptors (Lipinski definition) is 4. The van der Waals surface area contributed by atoms with Crippen LogP contribution in [0.15, 0.2) is 30.3 Å². The van der Waals surface area contributed by atoms with E-state index >= 15 is 0 Å². The van der Waals surface area contributed by atoms with Gasteiger partial charge in [0.15, 0.2) is 0 Å². The van der Waals surface area contributed by atoms with Gasteiger partial charge in [-0.2, -0.15) is 0 Å². The van der Waals surface area contributed by atoms with Crippen LogP contribution < -0.4 is 5.32 Å². The van der Waals surface area contributed by atoms with Crippen LogP contribution in [0.25, 0.3) is 0 Å². The third kappa shape index (κ3) is 4.17. The molecule has 1 aliphatic heterocycles. The van der Waals surface area contributed by atoms with Gasteiger partial charge in [-0.05, 0) is 12.0 Å². The number of ether oxygens (including phenoxy) is 1. The molecule has 6 heteroatoms. The molecular formula is C13H15NO4S. The summed E-state index contributed by atoms with van der Waals surface area (Å²) in [7, 11) is 0. The van der Waals surface area contributed by atoms with Crippen molar-refractivity contribution in [1.29, 1.82) is 0 Å². The number of hydrogen-bond donors (Lipinski definition) is 2. The van der Waals surface area contributed by atoms with Crippen molar-refractivity contribution in [2.45, 2.75) is 24.3 Å². The molecule has 2 rings (SSSR count). The maximum absolute atomic E-state index is 11.6. The molecule has 0 unspecified atom stereocenters. The van der Waals surface area contributed by atoms with E-state index in [1.54, 1.807) is 0 Å². The first-order chi connectivity index (χ1) is 9.15. The quantitative estimate of drug-likeness (QED) is 0.881. The molecule has 1 aromatic rings. The Kier molecular flexibility index (Phi) is 4.68. The SMILES string of the molecule is O=C(N[C@@H]1CS[C@H](C(=O)O)C1)OCc1ccccc1. The predicted molar refractivity (Wildman–Crippen MR) is 72.0 cm³/mol. The third-order valence-corrected chi connectivity index (χ3v) is 4.20. The second-order valence-corrected chi connectivity index (χ2v) is 5.53. The van der Waals surface area contributed by atoms with Gasteiger partial charge >= 0.3 is 12.1 Å². The number of carbonyl (C=O) groups is 2. The Bertz CT molecular complexity index is 451. The number of alkyl carbamates (subject to hydrolysis) is 1. The second kappa shape index (κ2) is 6.47. The zero-order valence-corrected chi connectivity index (χ0v) is 11.1. The van der Waals surface area contributed by atoms with Crippen molar-refractivity contribution in [3.8, 4) is 0 Å². The Balaban J connectivity index is 1.72. The van der Waals surface area contributed by atoms with Crippen molar-refractivity contribution < 1.29 is 19.4 Å². The molecule has 1 fully saturated rings. The summed E-state index contributed by atoms with van der Waals surface area (Å²) in [6.07, 6.45) is -0.0547. The maximum Gasteiger partial charge on any atom is 0.407 e. The molecule has 1 saturated heterocycles. The monoisotopic (exact) mass is 281 g/mol. The molecule has 1 aliphatic rings. The van der Waals surface area contributed by atoms with Gasteiger partial charge < -0.3 is 15.2 Å². The van der Waals surface area contributed by atoms with Crippen molar-refractivity contribution in [1.82, 2.24) is 5.32 Å². The molecule has 0 bridgehead atoms. The normalized spacial score (nSPS) is 21.9. The number of carbonyl (C=O) groups excluding carboxylic acids is 1. The fourth-order valence-electron chi connectivity index (χ4n) is 1.83. The van der Waals surface area contributed by atoms with Crippen molar-refractivity contribution >= 4 is 23.8 Å². The zero-order chi connectivity index (χ0) is 13.7. The lowest BCUT2D eigenvalue weighted by atomic mass is 10.2. The lowest BCUT2D eigenvalue weighted by Crippen LogP contribution is -2.35. The van der Waals surface area contributed by atoms with Gasteiger partial charge in [-0.1, -0.05) is 30.3 Å². The standard InChI is InChI=1S/C13H15NO4S/c15-12(16)11-6-10(8-19-11)14-13(17)18-7-9-4-2-1-3-5-9/h1-5,10-11H,6-8H2,(H,14,17)(H,15,16)/t10-,11-/m0/s1. The van der Waals surface area contributed by atoms with E-state index in [9.17, 15) is 9.59 Å². The van der Waals surface area contributed by atoms with E-state index in [0.717, 1.165) is 5.56 Å². The van der Waals surface area contributed by atoms with E-state index < -0.39 is 17.3 Å². The lowest BCUT2D eigenvalue weighted by Gasteiger charge is -2.12. The van der Waals surface area contributed by atoms with E-state index in [0.29, 0.717) is 12.2 Å². The number of thioether (sulfide) groups is 1. The van der Waals surface area contributed by atoms with Gasteiger partial charge in [0.05, 0.1) is 0 Å². The number of carboxylic acid groups (broad SMARTS) is 1. The molecule has 1 aromatic carbocycles. The highest BCUT2D eigenvalue weighted by atomic mass is 32.2. The first kappa shape index (κ1) is 13.7. The number of rotatable bonds is 4. The molecule has 0 radical (unpaired) electrons. The summed E-state index contributed by atoms with van der Waals surface area (Å²) >= 11 is 1.35. The molecule has 1 amide bonds. The Hall–Kier alpha value is -1.69. The van der Waals surface area contributed by atoms with Crippen LogP contribution in [0, 0.1) is 0 Å². The Morgan fingerprint density at radius 2 is 2.11 bits per heavy atom. The Labute approximate surface area is 115 Å². The van der Waals surface area contributed by atoms with Gasteiger partial charge in [-0.15, -0.1) is 11.8 Å². The first-order valence-corrected chi connectivity index (χ1v) is 7.01. The third-order valence-electron chi connectivity index (χ3n) is 2.81. The number of nitrogens with one attached hydrogen (secondary N) is 1. The van der Waals surface area contributed by atoms with Crippen LogP contribution in [0.5, 0.6) is 0 Å². The average Bonchev–Trinajstić information content (AvgIpc) is 2.86. The van der Waals surface area contributed by atoms with Crippen molar-refractivity contribution in [3.05, 3.63) is 35.9 Å². The topological polar surface area (TPSA) is 75.6 Å². The number of aliphatic carboxylic acids is 1. The summed E-state index contributed by atoms with van der Waals surface area (Å²) in [6.45, 7) is 0.217. The largest absolute Gasteiger partial charge is 0.480 e. The minimum absolute atomic E-state index is 0.130. The van der Waals surface area contributed by atoms with Crippen LogP contribution in [0.1, 0.15) is 12.0 Å². The predicted octanol–water partition coefficient (Wildman–Crippen LogP) is 1.87. The molecule has 2 atom stereocenters. The van der Waals surface area contributed by atoms with Gasteiger partial charge in [0, 0.05) is 11.8 Å². The van der Waals surface area contributed by atoms with Gasteiger partial charge in [0.25, 0.3) is 0 Å². The molecule has 19 heavy (non-hydrogen) atoms. The fourth-order valence-corrected chi connectivity index (χ4v) is 3.03. The summed E-state index contributed by atoms with van der Waals surface area (Å²) in [4.78, 5) is 22.3. The number of carboxylic acids is 1. The van der Waals surface area contributed by atoms with Gasteiger partial charge in [0.2, 0.25) is 0 Å². The van der Waals surface area contributed by atoms with Crippen molar-refractivity contribution in [3.63, 3.8) is 0 Å². The van der Waals surface area contributed by atoms with Crippen molar-refractivity contribution in [2.75, 3.05) is 5.75 Å². The first-order valence-electron chi connectivity index (χ1n) is 5.97. The molecular weight excluding hydrogens is 266 g/mol. The summed E-state index contributed by atoms with van der Waals surface area (Å²) in [6, 6.07) is 9.27. The molecule has 102 valence electrons. The van der Waals surface area contributed by atoms with E-state index in [1.165, 1.54) is 11.8 Å². The molecule has 1 heterocycles. The smallest absolute Gasteiger partial charge is 0.407 e. The number of amides is 1. The summed E-state index contributed by atoms with van der Waals surface area (Å²) < 4.78 is 5.08. The fraction of sp³-hybridized carbons (Fsp3) is 0.385. The lowest BCUT2D eigenvalue weighted by molar-refractivity contribution is -0.136. The van der Waals surface area contributed by atoms with E-state index in [-0.39, 0.29) is 12.6 Å². The van der Waals surface area contributed by atoms with Crippen LogP contribution in [0.4, 0.5) is 4.79 Å². The molecule has 5 nitrogen and oxygen atoms in total. The molecule has 0 spiro atoms. The Morgan fingerprint density at radius 3 is 2.74 bits per heavy atom. The van der Waals surface area contributed by atoms with Crippen LogP contribution in [-0.2, 0) is 16.1 Å². The van der Waals surface area contributed by atoms with Gasteiger partial charge in [0.1, 0.15) is 11.9 Å². The molecule has 0 aromatic heterocycles. The molecule has 2 N–H and O–H groups in total. The van der Waals surface area contributed by atoms with Crippen LogP contribution in [0.2, 0.25) is 0 Å². The maximum atomic E-state index is 11.6. The summed E-state index contributed by atoms with van der Waals surface area (Å²) in [5, 5.41) is 11.1. The van der Waals surface area contributed by atoms with Gasteiger partial charge in [-0.25, -0.2) is 4.79 Å². The molecule has 0 saturated carbocycles. The Morgan fingerprint density at radius 1 is 1.37 bits per heavy atom. The van der Waals surface area contributed by atoms with E-state index in [4.69, 9.17) is 9.84 Å². The van der Waals surface area contributed by atoms with Crippen molar-refractivity contribution in [2.24, 2.45) is 0 Å². The number of benzene rings is 1. The van der Waals surface area contributed by atoms with E-state index in [1.807, 2.05) is 30.3 Å². The van der Waals surface area contributed by atoms with Crippen LogP contribution >= 0.6 is 11.8 Å². The highest BCUT2D eigenvalue weighted by Gasteiger charge is 2.31. The van der Waals surface area contributed by atoms with Gasteiger partial charge in [-0.3, -0.25) is 4.79 Å². The van der Waals surface area contributed by atoms with Crippen LogP contribution in [-0.4, -0.2) is 34.2 Å². The second-order valence-electron chi connectivity index (χ2n) is 4.30. The summed E-state index contributed by atoms with van der Waals surface area (Å²) in [5.74, 6) is -0.218. The van der Waals surface area contributed by atoms with E-state index in [2.05, 4.69) is 5.32 Å². The van der Waals surface area contributed by atoms with Crippen LogP contribution in [0.3, 0.4) is 0 Å². The zero-order valence-electron chi connectivity index (χ0n) is 10.2. The highest BCUT2D eigenvalue weighted by Crippen LogP contribution is 2.26. The molecule has 0 aliphatic carbocycles. The minimum Gasteiger partial charge on any atom is -0.480 e. The summed E-state index contributed by atoms with van der Waals surface area (Å²) in [5.41, 5.74) is 0.918.